The van der Waals surface area contributed by atoms with Gasteiger partial charge in [-0.15, -0.1) is 0 Å². The van der Waals surface area contributed by atoms with Gasteiger partial charge in [-0.1, -0.05) is 35.9 Å². The van der Waals surface area contributed by atoms with Gasteiger partial charge in [0.25, 0.3) is 0 Å². The van der Waals surface area contributed by atoms with Crippen molar-refractivity contribution in [2.24, 2.45) is 0 Å². The third-order valence-corrected chi connectivity index (χ3v) is 5.59. The highest BCUT2D eigenvalue weighted by atomic mass is 35.5. The Morgan fingerprint density at radius 3 is 2.74 bits per heavy atom. The summed E-state index contributed by atoms with van der Waals surface area (Å²) >= 11 is 6.59. The van der Waals surface area contributed by atoms with Crippen molar-refractivity contribution in [2.75, 3.05) is 19.0 Å². The molecule has 156 valence electrons. The fourth-order valence-corrected chi connectivity index (χ4v) is 3.86. The number of ether oxygens (including phenoxy) is 1. The number of fused-ring (bicyclic) bond motifs is 1. The molecule has 0 saturated carbocycles. The van der Waals surface area contributed by atoms with Crippen molar-refractivity contribution >= 4 is 28.6 Å². The van der Waals surface area contributed by atoms with Gasteiger partial charge in [0.05, 0.1) is 25.9 Å². The first-order valence-electron chi connectivity index (χ1n) is 9.82. The molecule has 2 N–H and O–H groups in total. The lowest BCUT2D eigenvalue weighted by Gasteiger charge is -2.18. The summed E-state index contributed by atoms with van der Waals surface area (Å²) in [5.41, 5.74) is 6.29. The average Bonchev–Trinajstić information content (AvgIpc) is 3.26. The third kappa shape index (κ3) is 4.16. The van der Waals surface area contributed by atoms with Crippen molar-refractivity contribution in [3.05, 3.63) is 64.7 Å². The van der Waals surface area contributed by atoms with E-state index in [0.29, 0.717) is 35.9 Å². The van der Waals surface area contributed by atoms with E-state index in [1.807, 2.05) is 37.3 Å². The number of imidazole rings is 1. The summed E-state index contributed by atoms with van der Waals surface area (Å²) in [6, 6.07) is 12.1. The Labute approximate surface area is 185 Å². The molecule has 0 fully saturated rings. The van der Waals surface area contributed by atoms with E-state index in [2.05, 4.69) is 31.3 Å². The highest BCUT2D eigenvalue weighted by molar-refractivity contribution is 6.32. The number of methoxy groups -OCH3 is 1. The monoisotopic (exact) mass is 432 g/mol. The van der Waals surface area contributed by atoms with Crippen LogP contribution in [-0.4, -0.2) is 33.6 Å². The van der Waals surface area contributed by atoms with Crippen LogP contribution in [-0.2, 0) is 12.8 Å². The van der Waals surface area contributed by atoms with Gasteiger partial charge in [0.15, 0.2) is 11.5 Å². The third-order valence-electron chi connectivity index (χ3n) is 5.19. The fraction of sp³-hybridized carbons (Fsp3) is 0.217. The molecule has 2 heterocycles. The van der Waals surface area contributed by atoms with Crippen LogP contribution < -0.4 is 10.1 Å². The maximum absolute atomic E-state index is 8.91. The largest absolute Gasteiger partial charge is 0.496 e. The van der Waals surface area contributed by atoms with Gasteiger partial charge >= 0.3 is 0 Å². The van der Waals surface area contributed by atoms with Crippen molar-refractivity contribution in [2.45, 2.75) is 19.8 Å². The van der Waals surface area contributed by atoms with Crippen LogP contribution in [0.1, 0.15) is 16.7 Å². The molecule has 0 aliphatic heterocycles. The van der Waals surface area contributed by atoms with Crippen molar-refractivity contribution in [1.29, 1.82) is 5.26 Å². The summed E-state index contributed by atoms with van der Waals surface area (Å²) in [6.45, 7) is 2.61. The van der Waals surface area contributed by atoms with Gasteiger partial charge in [-0.2, -0.15) is 5.26 Å². The SMILES string of the molecule is COc1c(CCNc2ncnc3nc[nH]c23)cc(Cl)c(C)c1-c1ccc(CC#N)cc1. The van der Waals surface area contributed by atoms with Crippen LogP contribution in [0.15, 0.2) is 43.0 Å². The molecule has 0 amide bonds. The quantitative estimate of drug-likeness (QED) is 0.438. The number of hydrogen-bond donors (Lipinski definition) is 2. The first-order valence-corrected chi connectivity index (χ1v) is 10.2. The zero-order valence-corrected chi connectivity index (χ0v) is 18.0. The highest BCUT2D eigenvalue weighted by Crippen LogP contribution is 2.40. The normalized spacial score (nSPS) is 10.8. The number of aromatic nitrogens is 4. The molecular formula is C23H21ClN6O. The molecule has 0 saturated heterocycles. The second-order valence-corrected chi connectivity index (χ2v) is 7.49. The van der Waals surface area contributed by atoms with E-state index in [1.54, 1.807) is 13.4 Å². The Balaban J connectivity index is 1.62. The maximum Gasteiger partial charge on any atom is 0.182 e. The molecule has 0 aliphatic rings. The van der Waals surface area contributed by atoms with Crippen LogP contribution >= 0.6 is 11.6 Å². The van der Waals surface area contributed by atoms with Gasteiger partial charge in [-0.05, 0) is 41.7 Å². The first kappa shape index (κ1) is 20.6. The number of rotatable bonds is 7. The predicted octanol–water partition coefficient (Wildman–Crippen LogP) is 4.71. The van der Waals surface area contributed by atoms with E-state index in [0.717, 1.165) is 39.1 Å². The Bertz CT molecular complexity index is 1260. The van der Waals surface area contributed by atoms with Crippen molar-refractivity contribution < 1.29 is 4.74 Å². The van der Waals surface area contributed by atoms with Crippen LogP contribution in [0.25, 0.3) is 22.3 Å². The summed E-state index contributed by atoms with van der Waals surface area (Å²) in [5.74, 6) is 1.50. The number of benzene rings is 2. The molecular weight excluding hydrogens is 412 g/mol. The molecule has 4 aromatic rings. The minimum Gasteiger partial charge on any atom is -0.496 e. The van der Waals surface area contributed by atoms with E-state index in [4.69, 9.17) is 21.6 Å². The number of halogens is 1. The minimum atomic E-state index is 0.384. The summed E-state index contributed by atoms with van der Waals surface area (Å²) in [7, 11) is 1.67. The number of aromatic amines is 1. The van der Waals surface area contributed by atoms with E-state index in [1.165, 1.54) is 6.33 Å². The molecule has 2 aromatic carbocycles. The molecule has 0 bridgehead atoms. The van der Waals surface area contributed by atoms with Crippen LogP contribution in [0.3, 0.4) is 0 Å². The molecule has 0 atom stereocenters. The van der Waals surface area contributed by atoms with Crippen LogP contribution in [0.4, 0.5) is 5.82 Å². The smallest absolute Gasteiger partial charge is 0.182 e. The van der Waals surface area contributed by atoms with Crippen LogP contribution in [0.2, 0.25) is 5.02 Å². The number of nitrogens with one attached hydrogen (secondary N) is 2. The molecule has 31 heavy (non-hydrogen) atoms. The highest BCUT2D eigenvalue weighted by Gasteiger charge is 2.17. The predicted molar refractivity (Wildman–Crippen MR) is 121 cm³/mol. The van der Waals surface area contributed by atoms with Crippen molar-refractivity contribution in [1.82, 2.24) is 19.9 Å². The fourth-order valence-electron chi connectivity index (χ4n) is 3.64. The number of anilines is 1. The van der Waals surface area contributed by atoms with Crippen molar-refractivity contribution in [3.8, 4) is 22.9 Å². The summed E-state index contributed by atoms with van der Waals surface area (Å²) < 4.78 is 5.82. The first-order chi connectivity index (χ1) is 15.1. The molecule has 0 spiro atoms. The van der Waals surface area contributed by atoms with E-state index in [9.17, 15) is 0 Å². The summed E-state index contributed by atoms with van der Waals surface area (Å²) in [4.78, 5) is 15.6. The van der Waals surface area contributed by atoms with Gasteiger partial charge in [0.2, 0.25) is 0 Å². The van der Waals surface area contributed by atoms with Gasteiger partial charge in [0, 0.05) is 17.1 Å². The maximum atomic E-state index is 8.91. The standard InChI is InChI=1S/C23H21ClN6O/c1-14-18(24)11-17(8-10-26-22-20-23(28-12-27-20)30-13-29-22)21(31-2)19(14)16-5-3-15(4-6-16)7-9-25/h3-6,11-13H,7-8,10H2,1-2H3,(H2,26,27,28,29,30). The lowest BCUT2D eigenvalue weighted by Crippen LogP contribution is -2.09. The van der Waals surface area contributed by atoms with Crippen molar-refractivity contribution in [3.63, 3.8) is 0 Å². The van der Waals surface area contributed by atoms with E-state index >= 15 is 0 Å². The number of H-pyrrole nitrogens is 1. The molecule has 0 unspecified atom stereocenters. The number of nitriles is 1. The number of nitrogens with zero attached hydrogens (tertiary/aromatic N) is 4. The summed E-state index contributed by atoms with van der Waals surface area (Å²) in [5, 5.41) is 12.9. The Morgan fingerprint density at radius 1 is 1.19 bits per heavy atom. The Hall–Kier alpha value is -3.63. The van der Waals surface area contributed by atoms with Gasteiger partial charge < -0.3 is 15.0 Å². The molecule has 7 nitrogen and oxygen atoms in total. The lowest BCUT2D eigenvalue weighted by molar-refractivity contribution is 0.411. The molecule has 4 rings (SSSR count). The summed E-state index contributed by atoms with van der Waals surface area (Å²) in [6.07, 6.45) is 4.15. The van der Waals surface area contributed by atoms with Gasteiger partial charge in [-0.3, -0.25) is 0 Å². The van der Waals surface area contributed by atoms with Crippen LogP contribution in [0, 0.1) is 18.3 Å². The van der Waals surface area contributed by atoms with Crippen LogP contribution in [0.5, 0.6) is 5.75 Å². The Morgan fingerprint density at radius 2 is 2.00 bits per heavy atom. The van der Waals surface area contributed by atoms with E-state index < -0.39 is 0 Å². The zero-order valence-electron chi connectivity index (χ0n) is 17.2. The van der Waals surface area contributed by atoms with Gasteiger partial charge in [-0.25, -0.2) is 15.0 Å². The number of hydrogen-bond acceptors (Lipinski definition) is 6. The molecule has 0 radical (unpaired) electrons. The van der Waals surface area contributed by atoms with Gasteiger partial charge in [0.1, 0.15) is 17.6 Å². The molecule has 0 aliphatic carbocycles. The molecule has 8 heteroatoms. The minimum absolute atomic E-state index is 0.384. The molecule has 2 aromatic heterocycles. The zero-order chi connectivity index (χ0) is 21.8. The lowest BCUT2D eigenvalue weighted by atomic mass is 9.94. The van der Waals surface area contributed by atoms with E-state index in [-0.39, 0.29) is 0 Å². The topological polar surface area (TPSA) is 99.5 Å². The second kappa shape index (κ2) is 9.02. The average molecular weight is 433 g/mol. The second-order valence-electron chi connectivity index (χ2n) is 7.08. The Kier molecular flexibility index (Phi) is 6.01.